The third-order valence-corrected chi connectivity index (χ3v) is 4.12. The van der Waals surface area contributed by atoms with Gasteiger partial charge in [0, 0.05) is 37.0 Å². The van der Waals surface area contributed by atoms with Crippen LogP contribution in [0.25, 0.3) is 0 Å². The summed E-state index contributed by atoms with van der Waals surface area (Å²) in [5.74, 6) is 0.00604. The van der Waals surface area contributed by atoms with Crippen LogP contribution >= 0.6 is 0 Å². The van der Waals surface area contributed by atoms with Gasteiger partial charge in [-0.25, -0.2) is 0 Å². The van der Waals surface area contributed by atoms with E-state index in [1.807, 2.05) is 50.2 Å². The summed E-state index contributed by atoms with van der Waals surface area (Å²) in [6, 6.07) is 7.97. The van der Waals surface area contributed by atoms with E-state index in [4.69, 9.17) is 11.5 Å². The Bertz CT molecular complexity index is 787. The smallest absolute Gasteiger partial charge is 0.249 e. The van der Waals surface area contributed by atoms with Crippen molar-refractivity contribution in [2.45, 2.75) is 12.8 Å². The molecule has 7 nitrogen and oxygen atoms in total. The summed E-state index contributed by atoms with van der Waals surface area (Å²) in [4.78, 5) is 14.0. The molecular formula is C16H20N6O. The minimum atomic E-state index is -0.539. The summed E-state index contributed by atoms with van der Waals surface area (Å²) >= 11 is 0. The highest BCUT2D eigenvalue weighted by molar-refractivity contribution is 5.97. The number of anilines is 2. The number of hydrogen-bond acceptors (Lipinski definition) is 5. The van der Waals surface area contributed by atoms with Crippen LogP contribution in [0.4, 0.5) is 11.5 Å². The van der Waals surface area contributed by atoms with Gasteiger partial charge in [-0.1, -0.05) is 12.1 Å². The van der Waals surface area contributed by atoms with Crippen molar-refractivity contribution >= 4 is 17.4 Å². The summed E-state index contributed by atoms with van der Waals surface area (Å²) in [6.45, 7) is 1.91. The zero-order chi connectivity index (χ0) is 16.7. The van der Waals surface area contributed by atoms with Gasteiger partial charge < -0.3 is 21.7 Å². The SMILES string of the molecule is Cc1[nH]nc2c1C(c1ccc(N(C)C)cc1)C(C(N)=O)=C(N)N2. The lowest BCUT2D eigenvalue weighted by molar-refractivity contribution is -0.114. The van der Waals surface area contributed by atoms with E-state index in [-0.39, 0.29) is 11.7 Å². The van der Waals surface area contributed by atoms with Crippen LogP contribution in [0.15, 0.2) is 35.7 Å². The Morgan fingerprint density at radius 3 is 2.48 bits per heavy atom. The first-order valence-electron chi connectivity index (χ1n) is 7.28. The number of carbonyl (C=O) groups excluding carboxylic acids is 1. The van der Waals surface area contributed by atoms with Crippen LogP contribution in [0.3, 0.4) is 0 Å². The number of amides is 1. The first kappa shape index (κ1) is 15.0. The summed E-state index contributed by atoms with van der Waals surface area (Å²) in [5.41, 5.74) is 15.7. The van der Waals surface area contributed by atoms with Gasteiger partial charge in [0.15, 0.2) is 5.82 Å². The maximum absolute atomic E-state index is 12.0. The number of nitrogens with zero attached hydrogens (tertiary/aromatic N) is 2. The van der Waals surface area contributed by atoms with Crippen molar-refractivity contribution in [1.82, 2.24) is 10.2 Å². The molecule has 0 spiro atoms. The molecule has 1 aromatic carbocycles. The van der Waals surface area contributed by atoms with Crippen LogP contribution in [0.1, 0.15) is 22.7 Å². The summed E-state index contributed by atoms with van der Waals surface area (Å²) in [6.07, 6.45) is 0. The largest absolute Gasteiger partial charge is 0.385 e. The summed E-state index contributed by atoms with van der Waals surface area (Å²) in [7, 11) is 3.95. The fraction of sp³-hybridized carbons (Fsp3) is 0.250. The topological polar surface area (TPSA) is 113 Å². The number of rotatable bonds is 3. The Labute approximate surface area is 134 Å². The monoisotopic (exact) mass is 312 g/mol. The first-order valence-corrected chi connectivity index (χ1v) is 7.28. The average molecular weight is 312 g/mol. The Kier molecular flexibility index (Phi) is 3.48. The van der Waals surface area contributed by atoms with E-state index in [1.54, 1.807) is 0 Å². The Hall–Kier alpha value is -2.96. The molecule has 6 N–H and O–H groups in total. The Morgan fingerprint density at radius 1 is 1.26 bits per heavy atom. The van der Waals surface area contributed by atoms with E-state index >= 15 is 0 Å². The lowest BCUT2D eigenvalue weighted by Crippen LogP contribution is -2.31. The number of H-pyrrole nitrogens is 1. The molecule has 1 aromatic heterocycles. The number of benzene rings is 1. The fourth-order valence-electron chi connectivity index (χ4n) is 2.95. The summed E-state index contributed by atoms with van der Waals surface area (Å²) in [5, 5.41) is 10.1. The number of aromatic amines is 1. The maximum Gasteiger partial charge on any atom is 0.249 e. The number of nitrogens with one attached hydrogen (secondary N) is 2. The van der Waals surface area contributed by atoms with Crippen LogP contribution in [-0.2, 0) is 4.79 Å². The van der Waals surface area contributed by atoms with Crippen molar-refractivity contribution in [1.29, 1.82) is 0 Å². The molecule has 0 fully saturated rings. The quantitative estimate of drug-likeness (QED) is 0.675. The fourth-order valence-corrected chi connectivity index (χ4v) is 2.95. The maximum atomic E-state index is 12.0. The molecular weight excluding hydrogens is 292 g/mol. The molecule has 120 valence electrons. The number of primary amides is 1. The summed E-state index contributed by atoms with van der Waals surface area (Å²) < 4.78 is 0. The van der Waals surface area contributed by atoms with Crippen molar-refractivity contribution < 1.29 is 4.79 Å². The minimum Gasteiger partial charge on any atom is -0.385 e. The molecule has 3 rings (SSSR count). The van der Waals surface area contributed by atoms with E-state index in [0.29, 0.717) is 11.4 Å². The number of carbonyl (C=O) groups is 1. The lowest BCUT2D eigenvalue weighted by atomic mass is 9.82. The predicted molar refractivity (Wildman–Crippen MR) is 90.0 cm³/mol. The molecule has 0 saturated heterocycles. The van der Waals surface area contributed by atoms with Crippen molar-refractivity contribution in [2.24, 2.45) is 11.5 Å². The highest BCUT2D eigenvalue weighted by Gasteiger charge is 2.34. The Morgan fingerprint density at radius 2 is 1.91 bits per heavy atom. The second-order valence-electron chi connectivity index (χ2n) is 5.85. The van der Waals surface area contributed by atoms with Gasteiger partial charge in [-0.15, -0.1) is 0 Å². The van der Waals surface area contributed by atoms with E-state index in [2.05, 4.69) is 15.5 Å². The molecule has 2 heterocycles. The molecule has 1 aliphatic rings. The Balaban J connectivity index is 2.16. The third-order valence-electron chi connectivity index (χ3n) is 4.12. The third kappa shape index (κ3) is 2.40. The highest BCUT2D eigenvalue weighted by Crippen LogP contribution is 2.41. The molecule has 0 bridgehead atoms. The molecule has 1 atom stereocenters. The van der Waals surface area contributed by atoms with E-state index in [0.717, 1.165) is 22.5 Å². The van der Waals surface area contributed by atoms with Gasteiger partial charge in [0.25, 0.3) is 0 Å². The van der Waals surface area contributed by atoms with Crippen LogP contribution in [-0.4, -0.2) is 30.2 Å². The second-order valence-corrected chi connectivity index (χ2v) is 5.85. The van der Waals surface area contributed by atoms with Crippen LogP contribution in [0.2, 0.25) is 0 Å². The van der Waals surface area contributed by atoms with Gasteiger partial charge in [-0.2, -0.15) is 5.10 Å². The molecule has 1 amide bonds. The van der Waals surface area contributed by atoms with Gasteiger partial charge in [-0.3, -0.25) is 9.89 Å². The molecule has 1 unspecified atom stereocenters. The molecule has 0 aliphatic carbocycles. The molecule has 2 aromatic rings. The zero-order valence-corrected chi connectivity index (χ0v) is 13.3. The standard InChI is InChI=1S/C16H20N6O/c1-8-11-12(9-4-6-10(7-5-9)22(2)3)13(15(18)23)14(17)19-16(11)21-20-8/h4-7,12H,17H2,1-3H3,(H2,18,23)(H2,19,20,21). The molecule has 0 saturated carbocycles. The minimum absolute atomic E-state index is 0.248. The van der Waals surface area contributed by atoms with Gasteiger partial charge >= 0.3 is 0 Å². The van der Waals surface area contributed by atoms with Gasteiger partial charge in [0.05, 0.1) is 5.57 Å². The van der Waals surface area contributed by atoms with E-state index in [9.17, 15) is 4.79 Å². The number of aromatic nitrogens is 2. The van der Waals surface area contributed by atoms with Crippen LogP contribution in [0, 0.1) is 6.92 Å². The number of hydrogen-bond donors (Lipinski definition) is 4. The van der Waals surface area contributed by atoms with Crippen LogP contribution < -0.4 is 21.7 Å². The number of fused-ring (bicyclic) bond motifs is 1. The van der Waals surface area contributed by atoms with E-state index in [1.165, 1.54) is 0 Å². The van der Waals surface area contributed by atoms with Crippen LogP contribution in [0.5, 0.6) is 0 Å². The molecule has 1 aliphatic heterocycles. The second kappa shape index (κ2) is 5.35. The zero-order valence-electron chi connectivity index (χ0n) is 13.3. The van der Waals surface area contributed by atoms with Gasteiger partial charge in [-0.05, 0) is 24.6 Å². The molecule has 23 heavy (non-hydrogen) atoms. The molecule has 7 heteroatoms. The highest BCUT2D eigenvalue weighted by atomic mass is 16.1. The predicted octanol–water partition coefficient (Wildman–Crippen LogP) is 0.997. The number of nitrogens with two attached hydrogens (primary N) is 2. The van der Waals surface area contributed by atoms with Crippen molar-refractivity contribution in [2.75, 3.05) is 24.3 Å². The van der Waals surface area contributed by atoms with Crippen molar-refractivity contribution in [3.63, 3.8) is 0 Å². The normalized spacial score (nSPS) is 16.7. The number of aryl methyl sites for hydroxylation is 1. The van der Waals surface area contributed by atoms with E-state index < -0.39 is 5.91 Å². The van der Waals surface area contributed by atoms with Gasteiger partial charge in [0.2, 0.25) is 5.91 Å². The van der Waals surface area contributed by atoms with Gasteiger partial charge in [0.1, 0.15) is 5.82 Å². The first-order chi connectivity index (χ1) is 10.9. The van der Waals surface area contributed by atoms with Crippen molar-refractivity contribution in [3.05, 3.63) is 52.5 Å². The lowest BCUT2D eigenvalue weighted by Gasteiger charge is -2.27. The van der Waals surface area contributed by atoms with Crippen molar-refractivity contribution in [3.8, 4) is 0 Å². The average Bonchev–Trinajstić information content (AvgIpc) is 2.86. The molecule has 0 radical (unpaired) electrons.